The Labute approximate surface area is 223 Å². The number of pyridine rings is 2. The first-order valence-corrected chi connectivity index (χ1v) is 13.7. The Balaban J connectivity index is 1.11. The third-order valence-electron chi connectivity index (χ3n) is 8.15. The number of carbonyl (C=O) groups excluding carboxylic acids is 1. The molecular formula is C30H35N7O. The molecule has 8 nitrogen and oxygen atoms in total. The molecule has 2 aliphatic rings. The quantitative estimate of drug-likeness (QED) is 0.427. The first kappa shape index (κ1) is 24.6. The Morgan fingerprint density at radius 3 is 2.50 bits per heavy atom. The van der Waals surface area contributed by atoms with Crippen LogP contribution in [0.15, 0.2) is 60.9 Å². The highest BCUT2D eigenvalue weighted by Gasteiger charge is 2.32. The molecule has 0 unspecified atom stereocenters. The minimum atomic E-state index is 0.117. The number of nitrogens with two attached hydrogens (primary N) is 1. The highest BCUT2D eigenvalue weighted by atomic mass is 16.2. The number of carbonyl (C=O) groups is 1. The van der Waals surface area contributed by atoms with Crippen molar-refractivity contribution in [2.75, 3.05) is 31.9 Å². The highest BCUT2D eigenvalue weighted by Crippen LogP contribution is 2.34. The lowest BCUT2D eigenvalue weighted by molar-refractivity contribution is -0.138. The maximum Gasteiger partial charge on any atom is 0.225 e. The van der Waals surface area contributed by atoms with E-state index in [1.807, 2.05) is 36.5 Å². The number of likely N-dealkylation sites (tertiary alicyclic amines) is 2. The molecule has 1 aromatic carbocycles. The highest BCUT2D eigenvalue weighted by molar-refractivity contribution is 5.83. The smallest absolute Gasteiger partial charge is 0.225 e. The van der Waals surface area contributed by atoms with E-state index in [0.717, 1.165) is 81.0 Å². The van der Waals surface area contributed by atoms with Crippen LogP contribution in [-0.4, -0.2) is 61.4 Å². The molecule has 0 radical (unpaired) electrons. The third kappa shape index (κ3) is 4.88. The molecule has 2 N–H and O–H groups in total. The van der Waals surface area contributed by atoms with Crippen LogP contribution in [0.5, 0.6) is 0 Å². The summed E-state index contributed by atoms with van der Waals surface area (Å²) in [5, 5.41) is 0. The lowest BCUT2D eigenvalue weighted by atomic mass is 9.93. The molecule has 6 rings (SSSR count). The van der Waals surface area contributed by atoms with Crippen LogP contribution in [-0.2, 0) is 11.3 Å². The van der Waals surface area contributed by atoms with Crippen molar-refractivity contribution >= 4 is 22.8 Å². The van der Waals surface area contributed by atoms with Crippen molar-refractivity contribution < 1.29 is 4.79 Å². The van der Waals surface area contributed by atoms with E-state index in [1.165, 1.54) is 11.1 Å². The SMILES string of the molecule is Cc1cccc2c1nc(-c1ccccn1)n2C1CCN(C(=O)C2CCN(Cc3ccnc(N)c3)CC2)CC1. The minimum Gasteiger partial charge on any atom is -0.384 e. The van der Waals surface area contributed by atoms with Gasteiger partial charge in [-0.15, -0.1) is 0 Å². The molecule has 0 atom stereocenters. The summed E-state index contributed by atoms with van der Waals surface area (Å²) in [5.41, 5.74) is 11.3. The number of imidazole rings is 1. The van der Waals surface area contributed by atoms with E-state index in [0.29, 0.717) is 11.7 Å². The summed E-state index contributed by atoms with van der Waals surface area (Å²) in [6.45, 7) is 6.41. The van der Waals surface area contributed by atoms with Gasteiger partial charge in [0.25, 0.3) is 0 Å². The van der Waals surface area contributed by atoms with Crippen LogP contribution in [0, 0.1) is 12.8 Å². The van der Waals surface area contributed by atoms with Gasteiger partial charge in [0, 0.05) is 44.0 Å². The Hall–Kier alpha value is -3.78. The summed E-state index contributed by atoms with van der Waals surface area (Å²) in [5.74, 6) is 1.92. The van der Waals surface area contributed by atoms with Gasteiger partial charge in [-0.25, -0.2) is 9.97 Å². The standard InChI is InChI=1S/C30H35N7O/c1-21-5-4-7-26-28(21)34-29(25-6-2-3-13-32-25)37(26)24-11-17-36(18-12-24)30(38)23-9-15-35(16-10-23)20-22-8-14-33-27(31)19-22/h2-8,13-14,19,23-24H,9-12,15-18,20H2,1H3,(H2,31,33). The first-order chi connectivity index (χ1) is 18.6. The number of amides is 1. The number of fused-ring (bicyclic) bond motifs is 1. The summed E-state index contributed by atoms with van der Waals surface area (Å²) in [6, 6.07) is 16.6. The summed E-state index contributed by atoms with van der Waals surface area (Å²) >= 11 is 0. The molecule has 8 heteroatoms. The summed E-state index contributed by atoms with van der Waals surface area (Å²) in [7, 11) is 0. The zero-order valence-corrected chi connectivity index (χ0v) is 22.0. The van der Waals surface area contributed by atoms with Crippen LogP contribution >= 0.6 is 0 Å². The molecule has 0 saturated carbocycles. The molecule has 2 aliphatic heterocycles. The minimum absolute atomic E-state index is 0.117. The van der Waals surface area contributed by atoms with E-state index in [4.69, 9.17) is 10.7 Å². The fraction of sp³-hybridized carbons (Fsp3) is 0.400. The molecule has 4 aromatic rings. The van der Waals surface area contributed by atoms with E-state index < -0.39 is 0 Å². The number of hydrogen-bond donors (Lipinski definition) is 1. The first-order valence-electron chi connectivity index (χ1n) is 13.7. The van der Waals surface area contributed by atoms with Gasteiger partial charge in [0.2, 0.25) is 5.91 Å². The van der Waals surface area contributed by atoms with E-state index in [2.05, 4.69) is 49.5 Å². The molecule has 5 heterocycles. The second kappa shape index (κ2) is 10.5. The van der Waals surface area contributed by atoms with Crippen molar-refractivity contribution in [2.45, 2.75) is 45.2 Å². The third-order valence-corrected chi connectivity index (χ3v) is 8.15. The zero-order chi connectivity index (χ0) is 26.1. The number of nitrogen functional groups attached to an aromatic ring is 1. The Bertz CT molecular complexity index is 1420. The second-order valence-corrected chi connectivity index (χ2v) is 10.7. The van der Waals surface area contributed by atoms with Gasteiger partial charge in [0.05, 0.1) is 11.0 Å². The molecule has 2 fully saturated rings. The van der Waals surface area contributed by atoms with E-state index in [9.17, 15) is 4.79 Å². The van der Waals surface area contributed by atoms with Crippen LogP contribution in [0.3, 0.4) is 0 Å². The molecule has 0 spiro atoms. The molecule has 196 valence electrons. The number of aromatic nitrogens is 4. The Morgan fingerprint density at radius 1 is 0.947 bits per heavy atom. The predicted molar refractivity (Wildman–Crippen MR) is 149 cm³/mol. The van der Waals surface area contributed by atoms with Crippen LogP contribution in [0.4, 0.5) is 5.82 Å². The van der Waals surface area contributed by atoms with Crippen LogP contribution in [0.1, 0.15) is 42.9 Å². The lowest BCUT2D eigenvalue weighted by Crippen LogP contribution is -2.45. The van der Waals surface area contributed by atoms with Gasteiger partial charge in [-0.05, 0) is 87.2 Å². The lowest BCUT2D eigenvalue weighted by Gasteiger charge is -2.38. The van der Waals surface area contributed by atoms with Crippen molar-refractivity contribution in [1.29, 1.82) is 0 Å². The van der Waals surface area contributed by atoms with Crippen molar-refractivity contribution in [3.05, 3.63) is 72.1 Å². The number of piperidine rings is 2. The fourth-order valence-corrected chi connectivity index (χ4v) is 6.09. The number of aryl methyl sites for hydroxylation is 1. The fourth-order valence-electron chi connectivity index (χ4n) is 6.09. The van der Waals surface area contributed by atoms with Crippen molar-refractivity contribution in [3.63, 3.8) is 0 Å². The van der Waals surface area contributed by atoms with Crippen molar-refractivity contribution in [3.8, 4) is 11.5 Å². The number of nitrogens with zero attached hydrogens (tertiary/aromatic N) is 6. The average molecular weight is 510 g/mol. The van der Waals surface area contributed by atoms with E-state index in [-0.39, 0.29) is 12.0 Å². The monoisotopic (exact) mass is 509 g/mol. The van der Waals surface area contributed by atoms with Gasteiger partial charge < -0.3 is 15.2 Å². The normalized spacial score (nSPS) is 17.8. The van der Waals surface area contributed by atoms with Crippen LogP contribution in [0.2, 0.25) is 0 Å². The second-order valence-electron chi connectivity index (χ2n) is 10.7. The van der Waals surface area contributed by atoms with Gasteiger partial charge in [0.15, 0.2) is 5.82 Å². The zero-order valence-electron chi connectivity index (χ0n) is 22.0. The average Bonchev–Trinajstić information content (AvgIpc) is 3.35. The van der Waals surface area contributed by atoms with Crippen molar-refractivity contribution in [1.82, 2.24) is 29.3 Å². The van der Waals surface area contributed by atoms with Crippen molar-refractivity contribution in [2.24, 2.45) is 5.92 Å². The van der Waals surface area contributed by atoms with Crippen LogP contribution < -0.4 is 5.73 Å². The van der Waals surface area contributed by atoms with Gasteiger partial charge in [-0.1, -0.05) is 18.2 Å². The molecule has 0 bridgehead atoms. The Morgan fingerprint density at radius 2 is 1.76 bits per heavy atom. The Kier molecular flexibility index (Phi) is 6.81. The number of hydrogen-bond acceptors (Lipinski definition) is 6. The predicted octanol–water partition coefficient (Wildman–Crippen LogP) is 4.46. The maximum absolute atomic E-state index is 13.5. The number of benzene rings is 1. The largest absolute Gasteiger partial charge is 0.384 e. The van der Waals surface area contributed by atoms with Gasteiger partial charge in [-0.2, -0.15) is 0 Å². The topological polar surface area (TPSA) is 93.2 Å². The number of anilines is 1. The number of para-hydroxylation sites is 1. The van der Waals surface area contributed by atoms with E-state index in [1.54, 1.807) is 6.20 Å². The maximum atomic E-state index is 13.5. The number of rotatable bonds is 5. The molecule has 0 aliphatic carbocycles. The summed E-state index contributed by atoms with van der Waals surface area (Å²) in [6.07, 6.45) is 7.26. The molecule has 3 aromatic heterocycles. The van der Waals surface area contributed by atoms with Gasteiger partial charge in [-0.3, -0.25) is 14.7 Å². The molecule has 1 amide bonds. The van der Waals surface area contributed by atoms with Crippen LogP contribution in [0.25, 0.3) is 22.6 Å². The van der Waals surface area contributed by atoms with Gasteiger partial charge in [0.1, 0.15) is 11.5 Å². The molecular weight excluding hydrogens is 474 g/mol. The molecule has 2 saturated heterocycles. The summed E-state index contributed by atoms with van der Waals surface area (Å²) in [4.78, 5) is 31.7. The van der Waals surface area contributed by atoms with E-state index >= 15 is 0 Å². The van der Waals surface area contributed by atoms with Gasteiger partial charge >= 0.3 is 0 Å². The molecule has 38 heavy (non-hydrogen) atoms. The summed E-state index contributed by atoms with van der Waals surface area (Å²) < 4.78 is 2.37.